The number of nitrogens with zero attached hydrogens (tertiary/aromatic N) is 1. The Kier molecular flexibility index (Phi) is 5.40. The van der Waals surface area contributed by atoms with Gasteiger partial charge < -0.3 is 10.2 Å². The molecule has 0 bridgehead atoms. The van der Waals surface area contributed by atoms with Crippen molar-refractivity contribution in [3.63, 3.8) is 0 Å². The van der Waals surface area contributed by atoms with Gasteiger partial charge in [-0.25, -0.2) is 4.39 Å². The number of aryl methyl sites for hydroxylation is 1. The molecule has 1 fully saturated rings. The summed E-state index contributed by atoms with van der Waals surface area (Å²) < 4.78 is 13.3. The molecule has 1 aromatic carbocycles. The summed E-state index contributed by atoms with van der Waals surface area (Å²) in [6.07, 6.45) is 4.11. The fraction of sp³-hybridized carbons (Fsp3) is 0.600. The first-order chi connectivity index (χ1) is 12.0. The highest BCUT2D eigenvalue weighted by Crippen LogP contribution is 2.32. The third-order valence-electron chi connectivity index (χ3n) is 5.64. The summed E-state index contributed by atoms with van der Waals surface area (Å²) in [6.45, 7) is 5.22. The zero-order valence-corrected chi connectivity index (χ0v) is 15.1. The number of hydrogen-bond donors (Lipinski definition) is 1. The average Bonchev–Trinajstić information content (AvgIpc) is 3.02. The zero-order chi connectivity index (χ0) is 18.0. The van der Waals surface area contributed by atoms with Crippen molar-refractivity contribution >= 4 is 11.8 Å². The monoisotopic (exact) mass is 346 g/mol. The molecule has 1 aliphatic carbocycles. The second-order valence-corrected chi connectivity index (χ2v) is 7.38. The number of fused-ring (bicyclic) bond motifs is 1. The first-order valence-corrected chi connectivity index (χ1v) is 9.37. The molecule has 0 unspecified atom stereocenters. The molecule has 1 saturated heterocycles. The van der Waals surface area contributed by atoms with Crippen LogP contribution in [0.4, 0.5) is 4.39 Å². The fourth-order valence-corrected chi connectivity index (χ4v) is 3.90. The van der Waals surface area contributed by atoms with Gasteiger partial charge >= 0.3 is 0 Å². The molecule has 25 heavy (non-hydrogen) atoms. The van der Waals surface area contributed by atoms with Gasteiger partial charge in [-0.2, -0.15) is 0 Å². The maximum Gasteiger partial charge on any atom is 0.225 e. The van der Waals surface area contributed by atoms with Crippen molar-refractivity contribution in [2.45, 2.75) is 52.0 Å². The van der Waals surface area contributed by atoms with E-state index in [1.165, 1.54) is 6.07 Å². The Morgan fingerprint density at radius 1 is 1.36 bits per heavy atom. The summed E-state index contributed by atoms with van der Waals surface area (Å²) in [6, 6.07) is 4.76. The molecule has 1 aromatic rings. The predicted molar refractivity (Wildman–Crippen MR) is 94.4 cm³/mol. The number of nitrogens with one attached hydrogen (secondary N) is 1. The van der Waals surface area contributed by atoms with Gasteiger partial charge in [0, 0.05) is 19.0 Å². The van der Waals surface area contributed by atoms with Crippen molar-refractivity contribution < 1.29 is 14.0 Å². The van der Waals surface area contributed by atoms with Gasteiger partial charge in [-0.15, -0.1) is 0 Å². The molecule has 0 radical (unpaired) electrons. The summed E-state index contributed by atoms with van der Waals surface area (Å²) in [4.78, 5) is 27.0. The van der Waals surface area contributed by atoms with Crippen LogP contribution in [-0.4, -0.2) is 29.8 Å². The third kappa shape index (κ3) is 3.86. The van der Waals surface area contributed by atoms with E-state index in [-0.39, 0.29) is 35.5 Å². The van der Waals surface area contributed by atoms with E-state index < -0.39 is 0 Å². The lowest BCUT2D eigenvalue weighted by Gasteiger charge is -2.34. The van der Waals surface area contributed by atoms with E-state index in [4.69, 9.17) is 0 Å². The minimum absolute atomic E-state index is 0.0124. The van der Waals surface area contributed by atoms with Crippen molar-refractivity contribution in [1.29, 1.82) is 0 Å². The molecule has 3 rings (SSSR count). The van der Waals surface area contributed by atoms with Crippen LogP contribution in [0.15, 0.2) is 18.2 Å². The molecule has 2 aliphatic rings. The smallest absolute Gasteiger partial charge is 0.225 e. The molecule has 0 saturated carbocycles. The Hall–Kier alpha value is -1.91. The largest absolute Gasteiger partial charge is 0.349 e. The molecule has 0 aromatic heterocycles. The van der Waals surface area contributed by atoms with Gasteiger partial charge in [0.25, 0.3) is 0 Å². The molecular weight excluding hydrogens is 319 g/mol. The highest BCUT2D eigenvalue weighted by molar-refractivity contribution is 5.82. The van der Waals surface area contributed by atoms with Crippen LogP contribution in [0, 0.1) is 17.7 Å². The minimum atomic E-state index is -0.225. The van der Waals surface area contributed by atoms with Crippen molar-refractivity contribution in [2.24, 2.45) is 11.8 Å². The van der Waals surface area contributed by atoms with E-state index >= 15 is 0 Å². The number of hydrogen-bond acceptors (Lipinski definition) is 2. The van der Waals surface area contributed by atoms with Gasteiger partial charge in [-0.05, 0) is 55.4 Å². The van der Waals surface area contributed by atoms with Crippen LogP contribution < -0.4 is 5.32 Å². The van der Waals surface area contributed by atoms with E-state index in [9.17, 15) is 14.0 Å². The van der Waals surface area contributed by atoms with Crippen molar-refractivity contribution in [3.05, 3.63) is 35.1 Å². The Labute approximate surface area is 148 Å². The normalized spacial score (nSPS) is 23.9. The van der Waals surface area contributed by atoms with Crippen molar-refractivity contribution in [1.82, 2.24) is 10.2 Å². The SMILES string of the molecule is CC[C@H](C)C(=O)N1CCC[C@@H](C(=O)N[C@@H]2CCc3cc(F)ccc32)C1. The standard InChI is InChI=1S/C20H27FN2O2/c1-3-13(2)20(25)23-10-4-5-15(12-23)19(24)22-18-9-6-14-11-16(21)7-8-17(14)18/h7-8,11,13,15,18H,3-6,9-10,12H2,1-2H3,(H,22,24)/t13-,15+,18+/m0/s1. The number of rotatable bonds is 4. The molecule has 0 spiro atoms. The Bertz CT molecular complexity index is 661. The van der Waals surface area contributed by atoms with Crippen molar-refractivity contribution in [3.8, 4) is 0 Å². The van der Waals surface area contributed by atoms with Gasteiger partial charge in [-0.1, -0.05) is 19.9 Å². The van der Waals surface area contributed by atoms with Crippen LogP contribution in [0.3, 0.4) is 0 Å². The lowest BCUT2D eigenvalue weighted by atomic mass is 9.95. The Balaban J connectivity index is 1.61. The molecule has 1 N–H and O–H groups in total. The lowest BCUT2D eigenvalue weighted by molar-refractivity contribution is -0.139. The van der Waals surface area contributed by atoms with E-state index in [1.54, 1.807) is 12.1 Å². The van der Waals surface area contributed by atoms with Gasteiger partial charge in [0.05, 0.1) is 12.0 Å². The maximum absolute atomic E-state index is 13.3. The van der Waals surface area contributed by atoms with Gasteiger partial charge in [-0.3, -0.25) is 9.59 Å². The summed E-state index contributed by atoms with van der Waals surface area (Å²) in [5.41, 5.74) is 2.01. The van der Waals surface area contributed by atoms with Crippen LogP contribution in [0.5, 0.6) is 0 Å². The Morgan fingerprint density at radius 2 is 2.16 bits per heavy atom. The van der Waals surface area contributed by atoms with E-state index in [1.807, 2.05) is 18.7 Å². The molecular formula is C20H27FN2O2. The number of amides is 2. The molecule has 4 nitrogen and oxygen atoms in total. The van der Waals surface area contributed by atoms with Crippen LogP contribution in [0.1, 0.15) is 56.7 Å². The average molecular weight is 346 g/mol. The first-order valence-electron chi connectivity index (χ1n) is 9.37. The minimum Gasteiger partial charge on any atom is -0.349 e. The summed E-state index contributed by atoms with van der Waals surface area (Å²) in [5, 5.41) is 3.13. The summed E-state index contributed by atoms with van der Waals surface area (Å²) in [5.74, 6) is -0.188. The number of carbonyl (C=O) groups excluding carboxylic acids is 2. The van der Waals surface area contributed by atoms with Gasteiger partial charge in [0.1, 0.15) is 5.82 Å². The van der Waals surface area contributed by atoms with Crippen LogP contribution in [0.25, 0.3) is 0 Å². The number of halogens is 1. The Morgan fingerprint density at radius 3 is 2.92 bits per heavy atom. The van der Waals surface area contributed by atoms with Crippen molar-refractivity contribution in [2.75, 3.05) is 13.1 Å². The number of piperidine rings is 1. The van der Waals surface area contributed by atoms with Crippen LogP contribution in [0.2, 0.25) is 0 Å². The molecule has 1 aliphatic heterocycles. The summed E-state index contributed by atoms with van der Waals surface area (Å²) >= 11 is 0. The number of likely N-dealkylation sites (tertiary alicyclic amines) is 1. The van der Waals surface area contributed by atoms with Gasteiger partial charge in [0.15, 0.2) is 0 Å². The van der Waals surface area contributed by atoms with Crippen LogP contribution in [-0.2, 0) is 16.0 Å². The molecule has 5 heteroatoms. The van der Waals surface area contributed by atoms with E-state index in [0.29, 0.717) is 6.54 Å². The van der Waals surface area contributed by atoms with Gasteiger partial charge in [0.2, 0.25) is 11.8 Å². The zero-order valence-electron chi connectivity index (χ0n) is 15.1. The quantitative estimate of drug-likeness (QED) is 0.910. The lowest BCUT2D eigenvalue weighted by Crippen LogP contribution is -2.47. The predicted octanol–water partition coefficient (Wildman–Crippen LogP) is 3.21. The molecule has 2 amide bonds. The van der Waals surface area contributed by atoms with E-state index in [0.717, 1.165) is 49.8 Å². The summed E-state index contributed by atoms with van der Waals surface area (Å²) in [7, 11) is 0. The first kappa shape index (κ1) is 17.9. The number of benzene rings is 1. The second-order valence-electron chi connectivity index (χ2n) is 7.38. The molecule has 136 valence electrons. The molecule has 1 heterocycles. The number of carbonyl (C=O) groups is 2. The highest BCUT2D eigenvalue weighted by Gasteiger charge is 2.32. The maximum atomic E-state index is 13.3. The van der Waals surface area contributed by atoms with E-state index in [2.05, 4.69) is 5.32 Å². The third-order valence-corrected chi connectivity index (χ3v) is 5.64. The highest BCUT2D eigenvalue weighted by atomic mass is 19.1. The second kappa shape index (κ2) is 7.54. The van der Waals surface area contributed by atoms with Crippen LogP contribution >= 0.6 is 0 Å². The molecule has 3 atom stereocenters. The topological polar surface area (TPSA) is 49.4 Å². The fourth-order valence-electron chi connectivity index (χ4n) is 3.90.